The molecule has 2 heterocycles. The first-order valence-corrected chi connectivity index (χ1v) is 14.9. The van der Waals surface area contributed by atoms with E-state index in [2.05, 4.69) is 5.32 Å². The number of sulfone groups is 1. The van der Waals surface area contributed by atoms with Crippen molar-refractivity contribution >= 4 is 27.6 Å². The van der Waals surface area contributed by atoms with E-state index in [-0.39, 0.29) is 40.1 Å². The summed E-state index contributed by atoms with van der Waals surface area (Å²) < 4.78 is 50.2. The molecule has 2 aromatic rings. The average Bonchev–Trinajstić information content (AvgIpc) is 3.65. The first-order chi connectivity index (χ1) is 18.7. The van der Waals surface area contributed by atoms with E-state index in [9.17, 15) is 22.8 Å². The highest BCUT2D eigenvalue weighted by molar-refractivity contribution is 7.90. The topological polar surface area (TPSA) is 139 Å². The molecule has 2 aliphatic rings. The van der Waals surface area contributed by atoms with Crippen molar-refractivity contribution in [2.45, 2.75) is 82.3 Å². The van der Waals surface area contributed by atoms with Crippen LogP contribution < -0.4 is 15.6 Å². The molecule has 1 fully saturated rings. The molecule has 0 bridgehead atoms. The van der Waals surface area contributed by atoms with E-state index in [1.807, 2.05) is 0 Å². The molecule has 0 saturated heterocycles. The lowest BCUT2D eigenvalue weighted by Gasteiger charge is -2.27. The van der Waals surface area contributed by atoms with Gasteiger partial charge in [0.25, 0.3) is 5.56 Å². The standard InChI is InChI=1S/C28H36N2O9S/c1-16(2)38-26(32)20-12-17-15-40(34,35)23-14-22(37-11-7-10-36-6)21(29-27(33)39-28(3,4)5)13-19(23)24(17)30(25(20)31)18-8-9-18/h12-14,16,18H,7-11,15H2,1-6H3,(H,29,33). The maximum Gasteiger partial charge on any atom is 0.412 e. The molecule has 1 aliphatic carbocycles. The van der Waals surface area contributed by atoms with Crippen LogP contribution in [0.4, 0.5) is 10.5 Å². The first kappa shape index (κ1) is 29.6. The maximum absolute atomic E-state index is 13.6. The monoisotopic (exact) mass is 576 g/mol. The van der Waals surface area contributed by atoms with Crippen LogP contribution in [0.25, 0.3) is 11.3 Å². The first-order valence-electron chi connectivity index (χ1n) is 13.2. The molecule has 1 amide bonds. The number of carbonyl (C=O) groups is 2. The molecular weight excluding hydrogens is 540 g/mol. The lowest BCUT2D eigenvalue weighted by molar-refractivity contribution is 0.0374. The molecule has 1 N–H and O–H groups in total. The van der Waals surface area contributed by atoms with Crippen LogP contribution in [0, 0.1) is 0 Å². The largest absolute Gasteiger partial charge is 0.491 e. The molecule has 1 saturated carbocycles. The van der Waals surface area contributed by atoms with E-state index in [0.29, 0.717) is 37.1 Å². The van der Waals surface area contributed by atoms with Gasteiger partial charge in [-0.15, -0.1) is 0 Å². The van der Waals surface area contributed by atoms with Gasteiger partial charge >= 0.3 is 12.1 Å². The van der Waals surface area contributed by atoms with Crippen molar-refractivity contribution in [2.75, 3.05) is 25.6 Å². The van der Waals surface area contributed by atoms with Gasteiger partial charge in [-0.1, -0.05) is 0 Å². The molecule has 0 atom stereocenters. The van der Waals surface area contributed by atoms with Crippen LogP contribution in [-0.4, -0.2) is 57.1 Å². The third kappa shape index (κ3) is 6.49. The summed E-state index contributed by atoms with van der Waals surface area (Å²) in [6.07, 6.45) is 0.748. The zero-order valence-corrected chi connectivity index (χ0v) is 24.5. The molecule has 218 valence electrons. The number of benzene rings is 1. The third-order valence-corrected chi connectivity index (χ3v) is 7.89. The van der Waals surface area contributed by atoms with Gasteiger partial charge < -0.3 is 23.5 Å². The Morgan fingerprint density at radius 2 is 1.82 bits per heavy atom. The van der Waals surface area contributed by atoms with Crippen LogP contribution in [0.5, 0.6) is 5.75 Å². The van der Waals surface area contributed by atoms with Gasteiger partial charge in [0.1, 0.15) is 16.9 Å². The molecule has 1 aromatic heterocycles. The molecule has 1 aromatic carbocycles. The Hall–Kier alpha value is -3.38. The Balaban J connectivity index is 1.90. The van der Waals surface area contributed by atoms with Crippen LogP contribution in [-0.2, 0) is 29.8 Å². The van der Waals surface area contributed by atoms with E-state index in [4.69, 9.17) is 18.9 Å². The number of fused-ring (bicyclic) bond motifs is 3. The summed E-state index contributed by atoms with van der Waals surface area (Å²) in [4.78, 5) is 39.1. The van der Waals surface area contributed by atoms with Crippen molar-refractivity contribution in [3.8, 4) is 17.0 Å². The lowest BCUT2D eigenvalue weighted by Crippen LogP contribution is -2.32. The molecule has 40 heavy (non-hydrogen) atoms. The Labute approximate surface area is 233 Å². The highest BCUT2D eigenvalue weighted by Gasteiger charge is 2.38. The fraction of sp³-hybridized carbons (Fsp3) is 0.536. The molecule has 1 aliphatic heterocycles. The van der Waals surface area contributed by atoms with Crippen LogP contribution in [0.15, 0.2) is 27.9 Å². The number of hydrogen-bond donors (Lipinski definition) is 1. The van der Waals surface area contributed by atoms with Gasteiger partial charge in [0.15, 0.2) is 9.84 Å². The quantitative estimate of drug-likeness (QED) is 0.338. The van der Waals surface area contributed by atoms with Gasteiger partial charge in [-0.25, -0.2) is 18.0 Å². The van der Waals surface area contributed by atoms with Crippen molar-refractivity contribution in [1.29, 1.82) is 0 Å². The minimum atomic E-state index is -3.90. The van der Waals surface area contributed by atoms with Gasteiger partial charge in [0.2, 0.25) is 0 Å². The Morgan fingerprint density at radius 1 is 1.12 bits per heavy atom. The zero-order valence-electron chi connectivity index (χ0n) is 23.7. The van der Waals surface area contributed by atoms with Crippen molar-refractivity contribution in [3.05, 3.63) is 39.7 Å². The smallest absolute Gasteiger partial charge is 0.412 e. The predicted octanol–water partition coefficient (Wildman–Crippen LogP) is 4.47. The number of nitrogens with one attached hydrogen (secondary N) is 1. The van der Waals surface area contributed by atoms with Crippen LogP contribution in [0.2, 0.25) is 0 Å². The van der Waals surface area contributed by atoms with Crippen molar-refractivity contribution in [3.63, 3.8) is 0 Å². The van der Waals surface area contributed by atoms with E-state index in [0.717, 1.165) is 0 Å². The summed E-state index contributed by atoms with van der Waals surface area (Å²) in [7, 11) is -2.34. The molecule has 0 radical (unpaired) electrons. The SMILES string of the molecule is COCCCOc1cc2c(cc1NC(=O)OC(C)(C)C)-c1c(cc(C(=O)OC(C)C)c(=O)n1C1CC1)CS2(=O)=O. The number of methoxy groups -OCH3 is 1. The number of carbonyl (C=O) groups excluding carboxylic acids is 2. The summed E-state index contributed by atoms with van der Waals surface area (Å²) in [5, 5.41) is 2.67. The van der Waals surface area contributed by atoms with Gasteiger partial charge in [-0.3, -0.25) is 10.1 Å². The van der Waals surface area contributed by atoms with Crippen LogP contribution in [0.3, 0.4) is 0 Å². The number of aromatic nitrogens is 1. The summed E-state index contributed by atoms with van der Waals surface area (Å²) in [5.41, 5.74) is -0.387. The second-order valence-corrected chi connectivity index (χ2v) is 13.2. The number of amides is 1. The third-order valence-electron chi connectivity index (χ3n) is 6.19. The summed E-state index contributed by atoms with van der Waals surface area (Å²) in [6.45, 7) is 9.15. The zero-order chi connectivity index (χ0) is 29.4. The molecule has 0 spiro atoms. The van der Waals surface area contributed by atoms with E-state index >= 15 is 0 Å². The second kappa shape index (κ2) is 11.2. The molecule has 12 heteroatoms. The van der Waals surface area contributed by atoms with Crippen LogP contribution in [0.1, 0.15) is 75.8 Å². The molecule has 4 rings (SSSR count). The molecular formula is C28H36N2O9S. The highest BCUT2D eigenvalue weighted by Crippen LogP contribution is 2.46. The van der Waals surface area contributed by atoms with Crippen molar-refractivity contribution < 1.29 is 37.0 Å². The van der Waals surface area contributed by atoms with Gasteiger partial charge in [-0.2, -0.15) is 0 Å². The Bertz CT molecular complexity index is 1480. The Morgan fingerprint density at radius 3 is 2.42 bits per heavy atom. The number of nitrogens with zero attached hydrogens (tertiary/aromatic N) is 1. The fourth-order valence-corrected chi connectivity index (χ4v) is 6.07. The predicted molar refractivity (Wildman–Crippen MR) is 148 cm³/mol. The number of ether oxygens (including phenoxy) is 4. The van der Waals surface area contributed by atoms with Gasteiger partial charge in [0, 0.05) is 37.8 Å². The second-order valence-electron chi connectivity index (χ2n) is 11.2. The number of rotatable bonds is 9. The highest BCUT2D eigenvalue weighted by atomic mass is 32.2. The van der Waals surface area contributed by atoms with Crippen molar-refractivity contribution in [2.24, 2.45) is 0 Å². The van der Waals surface area contributed by atoms with Gasteiger partial charge in [-0.05, 0) is 65.2 Å². The molecule has 11 nitrogen and oxygen atoms in total. The lowest BCUT2D eigenvalue weighted by atomic mass is 10.0. The summed E-state index contributed by atoms with van der Waals surface area (Å²) in [6, 6.07) is 3.99. The van der Waals surface area contributed by atoms with E-state index in [1.54, 1.807) is 41.7 Å². The number of hydrogen-bond acceptors (Lipinski definition) is 9. The summed E-state index contributed by atoms with van der Waals surface area (Å²) >= 11 is 0. The van der Waals surface area contributed by atoms with Crippen LogP contribution >= 0.6 is 0 Å². The normalized spacial score (nSPS) is 15.7. The Kier molecular flexibility index (Phi) is 8.32. The van der Waals surface area contributed by atoms with E-state index < -0.39 is 44.9 Å². The molecule has 0 unspecified atom stereocenters. The summed E-state index contributed by atoms with van der Waals surface area (Å²) in [5.74, 6) is -1.07. The van der Waals surface area contributed by atoms with Gasteiger partial charge in [0.05, 0.1) is 34.7 Å². The number of esters is 1. The fourth-order valence-electron chi connectivity index (χ4n) is 4.51. The number of anilines is 1. The number of pyridine rings is 1. The minimum absolute atomic E-state index is 0.0252. The van der Waals surface area contributed by atoms with E-state index in [1.165, 1.54) is 22.8 Å². The maximum atomic E-state index is 13.6. The van der Waals surface area contributed by atoms with Crippen molar-refractivity contribution in [1.82, 2.24) is 4.57 Å². The minimum Gasteiger partial charge on any atom is -0.491 e. The average molecular weight is 577 g/mol.